The van der Waals surface area contributed by atoms with Crippen molar-refractivity contribution < 1.29 is 18.3 Å². The Hall–Kier alpha value is -1.40. The van der Waals surface area contributed by atoms with Crippen molar-refractivity contribution in [1.29, 1.82) is 0 Å². The van der Waals surface area contributed by atoms with Gasteiger partial charge >= 0.3 is 5.97 Å². The number of carboxylic acids is 1. The van der Waals surface area contributed by atoms with Crippen LogP contribution in [0.4, 0.5) is 0 Å². The highest BCUT2D eigenvalue weighted by molar-refractivity contribution is 7.89. The molecule has 1 aromatic rings. The van der Waals surface area contributed by atoms with Crippen molar-refractivity contribution in [2.24, 2.45) is 5.92 Å². The molecule has 0 atom stereocenters. The van der Waals surface area contributed by atoms with Crippen molar-refractivity contribution in [3.63, 3.8) is 0 Å². The van der Waals surface area contributed by atoms with E-state index in [1.807, 2.05) is 32.9 Å². The number of nitrogens with zero attached hydrogens (tertiary/aromatic N) is 1. The molecule has 1 heterocycles. The zero-order valence-corrected chi connectivity index (χ0v) is 15.0. The Morgan fingerprint density at radius 1 is 1.22 bits per heavy atom. The third-order valence-corrected chi connectivity index (χ3v) is 6.52. The maximum atomic E-state index is 12.9. The van der Waals surface area contributed by atoms with Crippen molar-refractivity contribution in [3.8, 4) is 0 Å². The molecule has 0 unspecified atom stereocenters. The zero-order chi connectivity index (χ0) is 17.4. The normalized spacial score (nSPS) is 18.1. The van der Waals surface area contributed by atoms with Crippen molar-refractivity contribution in [2.45, 2.75) is 50.8 Å². The molecule has 6 heteroatoms. The molecule has 128 valence electrons. The molecule has 1 saturated heterocycles. The first-order valence-electron chi connectivity index (χ1n) is 7.87. The van der Waals surface area contributed by atoms with E-state index in [4.69, 9.17) is 5.11 Å². The highest BCUT2D eigenvalue weighted by atomic mass is 32.2. The summed E-state index contributed by atoms with van der Waals surface area (Å²) < 4.78 is 27.3. The van der Waals surface area contributed by atoms with Crippen molar-refractivity contribution in [1.82, 2.24) is 4.31 Å². The molecule has 23 heavy (non-hydrogen) atoms. The van der Waals surface area contributed by atoms with Crippen LogP contribution in [0.3, 0.4) is 0 Å². The summed E-state index contributed by atoms with van der Waals surface area (Å²) in [5.41, 5.74) is 1.56. The van der Waals surface area contributed by atoms with Crippen LogP contribution in [0.1, 0.15) is 44.7 Å². The van der Waals surface area contributed by atoms with E-state index in [1.54, 1.807) is 13.0 Å². The van der Waals surface area contributed by atoms with Gasteiger partial charge < -0.3 is 5.11 Å². The molecule has 1 aromatic carbocycles. The van der Waals surface area contributed by atoms with Gasteiger partial charge in [0.2, 0.25) is 10.0 Å². The van der Waals surface area contributed by atoms with Gasteiger partial charge in [-0.3, -0.25) is 4.79 Å². The van der Waals surface area contributed by atoms with Crippen molar-refractivity contribution in [2.75, 3.05) is 13.1 Å². The Morgan fingerprint density at radius 3 is 2.26 bits per heavy atom. The number of carboxylic acid groups (broad SMARTS) is 1. The maximum Gasteiger partial charge on any atom is 0.306 e. The van der Waals surface area contributed by atoms with Gasteiger partial charge in [0.05, 0.1) is 10.8 Å². The fourth-order valence-corrected chi connectivity index (χ4v) is 4.55. The summed E-state index contributed by atoms with van der Waals surface area (Å²) in [4.78, 5) is 11.4. The van der Waals surface area contributed by atoms with Crippen molar-refractivity contribution >= 4 is 16.0 Å². The smallest absolute Gasteiger partial charge is 0.306 e. The van der Waals surface area contributed by atoms with Crippen LogP contribution in [0.2, 0.25) is 0 Å². The van der Waals surface area contributed by atoms with Gasteiger partial charge in [-0.05, 0) is 42.4 Å². The number of aryl methyl sites for hydroxylation is 1. The molecule has 0 bridgehead atoms. The summed E-state index contributed by atoms with van der Waals surface area (Å²) in [6.45, 7) is 8.46. The van der Waals surface area contributed by atoms with Crippen LogP contribution in [-0.4, -0.2) is 36.9 Å². The first kappa shape index (κ1) is 17.9. The van der Waals surface area contributed by atoms with Crippen LogP contribution in [0, 0.1) is 12.8 Å². The monoisotopic (exact) mass is 339 g/mol. The van der Waals surface area contributed by atoms with Gasteiger partial charge in [-0.1, -0.05) is 32.9 Å². The molecule has 1 aliphatic heterocycles. The number of benzene rings is 1. The minimum atomic E-state index is -3.58. The Bertz CT molecular complexity index is 696. The predicted molar refractivity (Wildman–Crippen MR) is 89.0 cm³/mol. The SMILES string of the molecule is Cc1ccc(C(C)(C)C)cc1S(=O)(=O)N1CCC(C(=O)O)CC1. The minimum Gasteiger partial charge on any atom is -0.481 e. The summed E-state index contributed by atoms with van der Waals surface area (Å²) in [6.07, 6.45) is 0.735. The van der Waals surface area contributed by atoms with Gasteiger partial charge in [0.15, 0.2) is 0 Å². The molecule has 5 nitrogen and oxygen atoms in total. The molecule has 1 aliphatic rings. The van der Waals surface area contributed by atoms with E-state index in [-0.39, 0.29) is 18.5 Å². The Kier molecular flexibility index (Phi) is 4.87. The molecule has 2 rings (SSSR count). The van der Waals surface area contributed by atoms with Crippen LogP contribution in [0.5, 0.6) is 0 Å². The van der Waals surface area contributed by atoms with E-state index in [2.05, 4.69) is 0 Å². The van der Waals surface area contributed by atoms with Gasteiger partial charge in [-0.15, -0.1) is 0 Å². The molecule has 0 saturated carbocycles. The number of aliphatic carboxylic acids is 1. The first-order valence-corrected chi connectivity index (χ1v) is 9.31. The van der Waals surface area contributed by atoms with Crippen LogP contribution in [0.25, 0.3) is 0 Å². The highest BCUT2D eigenvalue weighted by Crippen LogP contribution is 2.30. The summed E-state index contributed by atoms with van der Waals surface area (Å²) in [7, 11) is -3.58. The lowest BCUT2D eigenvalue weighted by Crippen LogP contribution is -2.40. The second kappa shape index (κ2) is 6.24. The largest absolute Gasteiger partial charge is 0.481 e. The third-order valence-electron chi connectivity index (χ3n) is 4.48. The second-order valence-electron chi connectivity index (χ2n) is 7.25. The van der Waals surface area contributed by atoms with E-state index in [9.17, 15) is 13.2 Å². The van der Waals surface area contributed by atoms with Gasteiger partial charge in [-0.2, -0.15) is 4.31 Å². The van der Waals surface area contributed by atoms with Crippen LogP contribution < -0.4 is 0 Å². The molecule has 1 fully saturated rings. The Morgan fingerprint density at radius 2 is 1.78 bits per heavy atom. The van der Waals surface area contributed by atoms with E-state index < -0.39 is 21.9 Å². The van der Waals surface area contributed by atoms with Crippen LogP contribution >= 0.6 is 0 Å². The molecular weight excluding hydrogens is 314 g/mol. The van der Waals surface area contributed by atoms with E-state index in [1.165, 1.54) is 4.31 Å². The second-order valence-corrected chi connectivity index (χ2v) is 9.15. The summed E-state index contributed by atoms with van der Waals surface area (Å²) in [5, 5.41) is 9.05. The molecule has 0 radical (unpaired) electrons. The summed E-state index contributed by atoms with van der Waals surface area (Å²) in [5.74, 6) is -1.28. The predicted octanol–water partition coefficient (Wildman–Crippen LogP) is 2.78. The number of hydrogen-bond acceptors (Lipinski definition) is 3. The number of hydrogen-bond donors (Lipinski definition) is 1. The Labute approximate surface area is 138 Å². The number of carbonyl (C=O) groups is 1. The van der Waals surface area contributed by atoms with Crippen LogP contribution in [-0.2, 0) is 20.2 Å². The average Bonchev–Trinajstić information content (AvgIpc) is 2.46. The molecule has 1 N–H and O–H groups in total. The lowest BCUT2D eigenvalue weighted by atomic mass is 9.87. The van der Waals surface area contributed by atoms with Gasteiger partial charge in [0.1, 0.15) is 0 Å². The maximum absolute atomic E-state index is 12.9. The zero-order valence-electron chi connectivity index (χ0n) is 14.2. The molecule has 0 aromatic heterocycles. The number of rotatable bonds is 3. The molecule has 0 aliphatic carbocycles. The first-order chi connectivity index (χ1) is 10.5. The molecular formula is C17H25NO4S. The number of piperidine rings is 1. The summed E-state index contributed by atoms with van der Waals surface area (Å²) >= 11 is 0. The van der Waals surface area contributed by atoms with Gasteiger partial charge in [0.25, 0.3) is 0 Å². The highest BCUT2D eigenvalue weighted by Gasteiger charge is 2.33. The fraction of sp³-hybridized carbons (Fsp3) is 0.588. The number of sulfonamides is 1. The Balaban J connectivity index is 2.32. The summed E-state index contributed by atoms with van der Waals surface area (Å²) in [6, 6.07) is 5.57. The van der Waals surface area contributed by atoms with E-state index in [0.717, 1.165) is 11.1 Å². The van der Waals surface area contributed by atoms with Gasteiger partial charge in [0, 0.05) is 13.1 Å². The standard InChI is InChI=1S/C17H25NO4S/c1-12-5-6-14(17(2,3)4)11-15(12)23(21,22)18-9-7-13(8-10-18)16(19)20/h5-6,11,13H,7-10H2,1-4H3,(H,19,20). The minimum absolute atomic E-state index is 0.131. The lowest BCUT2D eigenvalue weighted by Gasteiger charge is -2.30. The lowest BCUT2D eigenvalue weighted by molar-refractivity contribution is -0.142. The van der Waals surface area contributed by atoms with Crippen molar-refractivity contribution in [3.05, 3.63) is 29.3 Å². The molecule has 0 amide bonds. The van der Waals surface area contributed by atoms with E-state index >= 15 is 0 Å². The topological polar surface area (TPSA) is 74.7 Å². The van der Waals surface area contributed by atoms with E-state index in [0.29, 0.717) is 17.7 Å². The average molecular weight is 339 g/mol. The van der Waals surface area contributed by atoms with Gasteiger partial charge in [-0.25, -0.2) is 8.42 Å². The van der Waals surface area contributed by atoms with Crippen LogP contribution in [0.15, 0.2) is 23.1 Å². The molecule has 0 spiro atoms. The quantitative estimate of drug-likeness (QED) is 0.919. The third kappa shape index (κ3) is 3.75. The fourth-order valence-electron chi connectivity index (χ4n) is 2.83.